The summed E-state index contributed by atoms with van der Waals surface area (Å²) in [7, 11) is 0. The van der Waals surface area contributed by atoms with E-state index in [-0.39, 0.29) is 0 Å². The maximum Gasteiger partial charge on any atom is 0.207 e. The Balaban J connectivity index is 2.40. The average molecular weight is 264 g/mol. The fraction of sp³-hybridized carbons (Fsp3) is 0.300. The lowest BCUT2D eigenvalue weighted by atomic mass is 10.2. The highest BCUT2D eigenvalue weighted by Gasteiger charge is 2.04. The molecule has 1 amide bonds. The molecule has 0 radical (unpaired) electrons. The van der Waals surface area contributed by atoms with Crippen LogP contribution in [0.1, 0.15) is 5.56 Å². The number of carbonyl (C=O) groups excluding carboxylic acids is 1. The highest BCUT2D eigenvalue weighted by atomic mass is 35.5. The van der Waals surface area contributed by atoms with E-state index < -0.39 is 0 Å². The number of nitrogens with one attached hydrogen (secondary N) is 1. The molecule has 1 aromatic rings. The van der Waals surface area contributed by atoms with Gasteiger partial charge in [0, 0.05) is 28.1 Å². The molecule has 5 heteroatoms. The molecule has 15 heavy (non-hydrogen) atoms. The lowest BCUT2D eigenvalue weighted by molar-refractivity contribution is -0.109. The van der Waals surface area contributed by atoms with E-state index in [0.717, 1.165) is 17.1 Å². The molecule has 0 aliphatic rings. The van der Waals surface area contributed by atoms with Gasteiger partial charge < -0.3 is 5.32 Å². The highest BCUT2D eigenvalue weighted by molar-refractivity contribution is 7.98. The van der Waals surface area contributed by atoms with Gasteiger partial charge in [-0.1, -0.05) is 29.3 Å². The van der Waals surface area contributed by atoms with Crippen LogP contribution in [0.4, 0.5) is 0 Å². The van der Waals surface area contributed by atoms with Gasteiger partial charge in [0.25, 0.3) is 0 Å². The van der Waals surface area contributed by atoms with E-state index in [1.165, 1.54) is 0 Å². The lowest BCUT2D eigenvalue weighted by Crippen LogP contribution is -2.14. The molecule has 0 aliphatic heterocycles. The van der Waals surface area contributed by atoms with Crippen LogP contribution in [0.25, 0.3) is 0 Å². The van der Waals surface area contributed by atoms with Crippen LogP contribution in [-0.2, 0) is 10.5 Å². The third kappa shape index (κ3) is 4.33. The number of hydrogen-bond donors (Lipinski definition) is 1. The Bertz CT molecular complexity index is 313. The van der Waals surface area contributed by atoms with Crippen molar-refractivity contribution in [1.82, 2.24) is 5.32 Å². The van der Waals surface area contributed by atoms with Gasteiger partial charge in [0.15, 0.2) is 0 Å². The molecule has 0 aliphatic carbocycles. The number of halogens is 2. The fourth-order valence-corrected chi connectivity index (χ4v) is 2.65. The second kappa shape index (κ2) is 6.99. The monoisotopic (exact) mass is 263 g/mol. The number of rotatable bonds is 6. The molecule has 0 aromatic heterocycles. The first-order valence-electron chi connectivity index (χ1n) is 4.43. The topological polar surface area (TPSA) is 29.1 Å². The SMILES string of the molecule is O=CNCCSCc1c(Cl)cccc1Cl. The number of benzene rings is 1. The molecule has 1 rings (SSSR count). The Hall–Kier alpha value is -0.380. The van der Waals surface area contributed by atoms with Crippen molar-refractivity contribution in [2.75, 3.05) is 12.3 Å². The van der Waals surface area contributed by atoms with Gasteiger partial charge in [-0.2, -0.15) is 11.8 Å². The van der Waals surface area contributed by atoms with Gasteiger partial charge in [-0.3, -0.25) is 4.79 Å². The van der Waals surface area contributed by atoms with Crippen LogP contribution in [0.15, 0.2) is 18.2 Å². The number of hydrogen-bond acceptors (Lipinski definition) is 2. The summed E-state index contributed by atoms with van der Waals surface area (Å²) in [6.07, 6.45) is 0.697. The molecule has 0 bridgehead atoms. The normalized spacial score (nSPS) is 10.0. The molecule has 0 fully saturated rings. The predicted molar refractivity (Wildman–Crippen MR) is 66.7 cm³/mol. The first-order chi connectivity index (χ1) is 7.25. The van der Waals surface area contributed by atoms with Crippen LogP contribution in [0, 0.1) is 0 Å². The molecule has 0 heterocycles. The third-order valence-electron chi connectivity index (χ3n) is 1.78. The summed E-state index contributed by atoms with van der Waals surface area (Å²) in [5.74, 6) is 1.61. The van der Waals surface area contributed by atoms with E-state index in [9.17, 15) is 4.79 Å². The van der Waals surface area contributed by atoms with Gasteiger partial charge in [0.1, 0.15) is 0 Å². The van der Waals surface area contributed by atoms with Crippen LogP contribution < -0.4 is 5.32 Å². The maximum atomic E-state index is 9.98. The quantitative estimate of drug-likeness (QED) is 0.632. The van der Waals surface area contributed by atoms with Crippen LogP contribution in [0.2, 0.25) is 10.0 Å². The van der Waals surface area contributed by atoms with Gasteiger partial charge in [-0.25, -0.2) is 0 Å². The van der Waals surface area contributed by atoms with Crippen molar-refractivity contribution in [3.63, 3.8) is 0 Å². The predicted octanol–water partition coefficient (Wildman–Crippen LogP) is 2.97. The van der Waals surface area contributed by atoms with E-state index in [1.807, 2.05) is 18.2 Å². The Kier molecular flexibility index (Phi) is 5.91. The standard InChI is InChI=1S/C10H11Cl2NOS/c11-9-2-1-3-10(12)8(9)6-15-5-4-13-7-14/h1-3,7H,4-6H2,(H,13,14). The molecule has 1 N–H and O–H groups in total. The van der Waals surface area contributed by atoms with Crippen molar-refractivity contribution >= 4 is 41.4 Å². The largest absolute Gasteiger partial charge is 0.358 e. The van der Waals surface area contributed by atoms with Crippen LogP contribution >= 0.6 is 35.0 Å². The first kappa shape index (κ1) is 12.7. The molecule has 2 nitrogen and oxygen atoms in total. The summed E-state index contributed by atoms with van der Waals surface area (Å²) in [5, 5.41) is 3.98. The van der Waals surface area contributed by atoms with Crippen molar-refractivity contribution in [2.24, 2.45) is 0 Å². The minimum Gasteiger partial charge on any atom is -0.358 e. The van der Waals surface area contributed by atoms with E-state index in [1.54, 1.807) is 11.8 Å². The number of amides is 1. The Morgan fingerprint density at radius 3 is 2.60 bits per heavy atom. The Morgan fingerprint density at radius 1 is 1.33 bits per heavy atom. The molecular formula is C10H11Cl2NOS. The summed E-state index contributed by atoms with van der Waals surface area (Å²) in [4.78, 5) is 9.98. The molecule has 0 atom stereocenters. The van der Waals surface area contributed by atoms with Crippen molar-refractivity contribution in [2.45, 2.75) is 5.75 Å². The fourth-order valence-electron chi connectivity index (χ4n) is 1.03. The molecule has 0 unspecified atom stereocenters. The molecule has 0 spiro atoms. The van der Waals surface area contributed by atoms with Gasteiger partial charge in [-0.15, -0.1) is 0 Å². The lowest BCUT2D eigenvalue weighted by Gasteiger charge is -2.06. The summed E-state index contributed by atoms with van der Waals surface area (Å²) < 4.78 is 0. The van der Waals surface area contributed by atoms with E-state index in [0.29, 0.717) is 23.0 Å². The van der Waals surface area contributed by atoms with Crippen molar-refractivity contribution in [3.05, 3.63) is 33.8 Å². The zero-order valence-corrected chi connectivity index (χ0v) is 10.3. The Labute approximate surface area is 103 Å². The third-order valence-corrected chi connectivity index (χ3v) is 3.48. The molecule has 1 aromatic carbocycles. The van der Waals surface area contributed by atoms with Crippen LogP contribution in [-0.4, -0.2) is 18.7 Å². The van der Waals surface area contributed by atoms with Gasteiger partial charge in [0.05, 0.1) is 0 Å². The van der Waals surface area contributed by atoms with Crippen molar-refractivity contribution < 1.29 is 4.79 Å². The summed E-state index contributed by atoms with van der Waals surface area (Å²) in [5.41, 5.74) is 0.955. The van der Waals surface area contributed by atoms with Gasteiger partial charge >= 0.3 is 0 Å². The molecular weight excluding hydrogens is 253 g/mol. The molecule has 0 saturated carbocycles. The molecule has 0 saturated heterocycles. The smallest absolute Gasteiger partial charge is 0.207 e. The van der Waals surface area contributed by atoms with Crippen LogP contribution in [0.3, 0.4) is 0 Å². The minimum absolute atomic E-state index is 0.663. The number of thioether (sulfide) groups is 1. The zero-order chi connectivity index (χ0) is 11.1. The zero-order valence-electron chi connectivity index (χ0n) is 8.00. The summed E-state index contributed by atoms with van der Waals surface area (Å²) in [6, 6.07) is 5.48. The summed E-state index contributed by atoms with van der Waals surface area (Å²) >= 11 is 13.7. The van der Waals surface area contributed by atoms with Gasteiger partial charge in [0.2, 0.25) is 6.41 Å². The van der Waals surface area contributed by atoms with E-state index in [2.05, 4.69) is 5.32 Å². The van der Waals surface area contributed by atoms with E-state index >= 15 is 0 Å². The van der Waals surface area contributed by atoms with Crippen molar-refractivity contribution in [1.29, 1.82) is 0 Å². The summed E-state index contributed by atoms with van der Waals surface area (Å²) in [6.45, 7) is 0.663. The highest BCUT2D eigenvalue weighted by Crippen LogP contribution is 2.27. The molecule has 82 valence electrons. The number of carbonyl (C=O) groups is 1. The Morgan fingerprint density at radius 2 is 2.00 bits per heavy atom. The van der Waals surface area contributed by atoms with Crippen molar-refractivity contribution in [3.8, 4) is 0 Å². The average Bonchev–Trinajstić information content (AvgIpc) is 2.21. The second-order valence-corrected chi connectivity index (χ2v) is 4.74. The van der Waals surface area contributed by atoms with Gasteiger partial charge in [-0.05, 0) is 17.7 Å². The second-order valence-electron chi connectivity index (χ2n) is 2.82. The van der Waals surface area contributed by atoms with Crippen LogP contribution in [0.5, 0.6) is 0 Å². The first-order valence-corrected chi connectivity index (χ1v) is 6.34. The minimum atomic E-state index is 0.663. The van der Waals surface area contributed by atoms with E-state index in [4.69, 9.17) is 23.2 Å². The maximum absolute atomic E-state index is 9.98.